The molecule has 1 amide bonds. The first kappa shape index (κ1) is 14.2. The van der Waals surface area contributed by atoms with Crippen molar-refractivity contribution in [2.45, 2.75) is 18.9 Å². The van der Waals surface area contributed by atoms with Crippen LogP contribution >= 0.6 is 15.9 Å². The van der Waals surface area contributed by atoms with Crippen LogP contribution in [0.25, 0.3) is 6.08 Å². The Kier molecular flexibility index (Phi) is 4.71. The van der Waals surface area contributed by atoms with E-state index in [4.69, 9.17) is 5.73 Å². The number of rotatable bonds is 2. The highest BCUT2D eigenvalue weighted by atomic mass is 79.9. The maximum absolute atomic E-state index is 13.5. The van der Waals surface area contributed by atoms with Crippen LogP contribution in [0.2, 0.25) is 0 Å². The van der Waals surface area contributed by atoms with Gasteiger partial charge in [0.05, 0.1) is 0 Å². The third-order valence-electron chi connectivity index (χ3n) is 3.13. The van der Waals surface area contributed by atoms with Crippen LogP contribution in [0.1, 0.15) is 18.4 Å². The lowest BCUT2D eigenvalue weighted by atomic mass is 10.1. The summed E-state index contributed by atoms with van der Waals surface area (Å²) in [6, 6.07) is 4.68. The van der Waals surface area contributed by atoms with Crippen LogP contribution in [0.3, 0.4) is 0 Å². The first-order valence-electron chi connectivity index (χ1n) is 6.24. The molecule has 1 fully saturated rings. The van der Waals surface area contributed by atoms with Crippen LogP contribution in [-0.4, -0.2) is 29.9 Å². The van der Waals surface area contributed by atoms with Gasteiger partial charge in [-0.25, -0.2) is 4.39 Å². The molecule has 1 aliphatic heterocycles. The number of carbonyl (C=O) groups is 1. The van der Waals surface area contributed by atoms with E-state index in [1.54, 1.807) is 17.0 Å². The quantitative estimate of drug-likeness (QED) is 0.849. The Balaban J connectivity index is 2.05. The van der Waals surface area contributed by atoms with Crippen LogP contribution in [0.4, 0.5) is 4.39 Å². The third-order valence-corrected chi connectivity index (χ3v) is 3.63. The zero-order chi connectivity index (χ0) is 13.8. The highest BCUT2D eigenvalue weighted by Gasteiger charge is 2.19. The number of hydrogen-bond acceptors (Lipinski definition) is 2. The van der Waals surface area contributed by atoms with Crippen LogP contribution in [-0.2, 0) is 4.79 Å². The molecule has 0 bridgehead atoms. The molecule has 5 heteroatoms. The first-order chi connectivity index (χ1) is 9.06. The topological polar surface area (TPSA) is 46.3 Å². The molecule has 1 aliphatic rings. The molecule has 0 spiro atoms. The van der Waals surface area contributed by atoms with Crippen LogP contribution in [0, 0.1) is 5.82 Å². The predicted molar refractivity (Wildman–Crippen MR) is 76.9 cm³/mol. The van der Waals surface area contributed by atoms with Crippen molar-refractivity contribution in [1.29, 1.82) is 0 Å². The molecule has 3 nitrogen and oxygen atoms in total. The fourth-order valence-corrected chi connectivity index (χ4v) is 2.50. The summed E-state index contributed by atoms with van der Waals surface area (Å²) in [5.41, 5.74) is 6.22. The summed E-state index contributed by atoms with van der Waals surface area (Å²) in [5, 5.41) is 0. The van der Waals surface area contributed by atoms with Gasteiger partial charge in [-0.15, -0.1) is 0 Å². The van der Waals surface area contributed by atoms with E-state index >= 15 is 0 Å². The van der Waals surface area contributed by atoms with E-state index in [0.717, 1.165) is 23.9 Å². The van der Waals surface area contributed by atoms with Crippen molar-refractivity contribution in [2.75, 3.05) is 13.1 Å². The molecule has 1 atom stereocenters. The highest BCUT2D eigenvalue weighted by Crippen LogP contribution is 2.17. The zero-order valence-electron chi connectivity index (χ0n) is 10.5. The van der Waals surface area contributed by atoms with Gasteiger partial charge in [0.25, 0.3) is 0 Å². The largest absolute Gasteiger partial charge is 0.338 e. The Morgan fingerprint density at radius 2 is 2.32 bits per heavy atom. The number of likely N-dealkylation sites (tertiary alicyclic amines) is 1. The molecule has 1 unspecified atom stereocenters. The minimum atomic E-state index is -0.345. The highest BCUT2D eigenvalue weighted by molar-refractivity contribution is 9.10. The van der Waals surface area contributed by atoms with Crippen molar-refractivity contribution in [3.8, 4) is 0 Å². The van der Waals surface area contributed by atoms with E-state index in [2.05, 4.69) is 15.9 Å². The summed E-state index contributed by atoms with van der Waals surface area (Å²) < 4.78 is 14.3. The third kappa shape index (κ3) is 3.88. The molecule has 0 saturated carbocycles. The fourth-order valence-electron chi connectivity index (χ4n) is 2.12. The standard InChI is InChI=1S/C14H16BrFN2O/c15-11-4-5-13(16)10(8-11)3-6-14(19)18-7-1-2-12(17)9-18/h3-6,8,12H,1-2,7,9,17H2/b6-3+. The van der Waals surface area contributed by atoms with E-state index in [0.29, 0.717) is 12.1 Å². The van der Waals surface area contributed by atoms with Crippen molar-refractivity contribution in [3.63, 3.8) is 0 Å². The average molecular weight is 327 g/mol. The first-order valence-corrected chi connectivity index (χ1v) is 7.03. The zero-order valence-corrected chi connectivity index (χ0v) is 12.1. The van der Waals surface area contributed by atoms with Gasteiger partial charge < -0.3 is 10.6 Å². The Hall–Kier alpha value is -1.20. The number of hydrogen-bond donors (Lipinski definition) is 1. The van der Waals surface area contributed by atoms with Gasteiger partial charge in [0, 0.05) is 35.2 Å². The Bertz CT molecular complexity index is 504. The molecule has 2 rings (SSSR count). The Morgan fingerprint density at radius 1 is 1.53 bits per heavy atom. The van der Waals surface area contributed by atoms with E-state index in [9.17, 15) is 9.18 Å². The fraction of sp³-hybridized carbons (Fsp3) is 0.357. The second kappa shape index (κ2) is 6.30. The summed E-state index contributed by atoms with van der Waals surface area (Å²) in [4.78, 5) is 13.7. The summed E-state index contributed by atoms with van der Waals surface area (Å²) >= 11 is 3.28. The molecule has 0 radical (unpaired) electrons. The van der Waals surface area contributed by atoms with E-state index < -0.39 is 0 Å². The van der Waals surface area contributed by atoms with Crippen molar-refractivity contribution in [3.05, 3.63) is 40.1 Å². The number of nitrogens with two attached hydrogens (primary N) is 1. The summed E-state index contributed by atoms with van der Waals surface area (Å²) in [7, 11) is 0. The molecule has 19 heavy (non-hydrogen) atoms. The average Bonchev–Trinajstić information content (AvgIpc) is 2.39. The summed E-state index contributed by atoms with van der Waals surface area (Å²) in [6.07, 6.45) is 4.78. The number of halogens is 2. The van der Waals surface area contributed by atoms with Gasteiger partial charge >= 0.3 is 0 Å². The van der Waals surface area contributed by atoms with E-state index in [1.165, 1.54) is 18.2 Å². The lowest BCUT2D eigenvalue weighted by Crippen LogP contribution is -2.45. The lowest BCUT2D eigenvalue weighted by Gasteiger charge is -2.29. The molecule has 1 heterocycles. The predicted octanol–water partition coefficient (Wildman–Crippen LogP) is 2.55. The van der Waals surface area contributed by atoms with Gasteiger partial charge in [-0.2, -0.15) is 0 Å². The second-order valence-corrected chi connectivity index (χ2v) is 5.60. The number of amides is 1. The number of carbonyl (C=O) groups excluding carboxylic acids is 1. The van der Waals surface area contributed by atoms with Crippen LogP contribution in [0.15, 0.2) is 28.7 Å². The molecule has 1 aromatic rings. The molecule has 1 saturated heterocycles. The van der Waals surface area contributed by atoms with Crippen LogP contribution in [0.5, 0.6) is 0 Å². The molecular formula is C14H16BrFN2O. The van der Waals surface area contributed by atoms with E-state index in [1.807, 2.05) is 0 Å². The second-order valence-electron chi connectivity index (χ2n) is 4.69. The molecule has 1 aromatic carbocycles. The van der Waals surface area contributed by atoms with Crippen molar-refractivity contribution >= 4 is 27.9 Å². The van der Waals surface area contributed by atoms with Gasteiger partial charge in [-0.1, -0.05) is 15.9 Å². The lowest BCUT2D eigenvalue weighted by molar-refractivity contribution is -0.127. The van der Waals surface area contributed by atoms with Crippen molar-refractivity contribution in [2.24, 2.45) is 5.73 Å². The maximum atomic E-state index is 13.5. The summed E-state index contributed by atoms with van der Waals surface area (Å²) in [5.74, 6) is -0.461. The molecule has 2 N–H and O–H groups in total. The van der Waals surface area contributed by atoms with Gasteiger partial charge in [-0.05, 0) is 37.1 Å². The number of nitrogens with zero attached hydrogens (tertiary/aromatic N) is 1. The van der Waals surface area contributed by atoms with Gasteiger partial charge in [0.1, 0.15) is 5.82 Å². The van der Waals surface area contributed by atoms with Crippen LogP contribution < -0.4 is 5.73 Å². The van der Waals surface area contributed by atoms with Gasteiger partial charge in [0.2, 0.25) is 5.91 Å². The van der Waals surface area contributed by atoms with Gasteiger partial charge in [0.15, 0.2) is 0 Å². The molecule has 102 valence electrons. The summed E-state index contributed by atoms with van der Waals surface area (Å²) in [6.45, 7) is 1.29. The number of piperidine rings is 1. The molecule has 0 aliphatic carbocycles. The Labute approximate surface area is 120 Å². The maximum Gasteiger partial charge on any atom is 0.246 e. The minimum absolute atomic E-state index is 0.0497. The monoisotopic (exact) mass is 326 g/mol. The smallest absolute Gasteiger partial charge is 0.246 e. The Morgan fingerprint density at radius 3 is 3.05 bits per heavy atom. The van der Waals surface area contributed by atoms with Crippen molar-refractivity contribution in [1.82, 2.24) is 4.90 Å². The van der Waals surface area contributed by atoms with Crippen molar-refractivity contribution < 1.29 is 9.18 Å². The number of benzene rings is 1. The molecule has 0 aromatic heterocycles. The normalized spacial score (nSPS) is 19.9. The minimum Gasteiger partial charge on any atom is -0.338 e. The SMILES string of the molecule is NC1CCCN(C(=O)/C=C/c2cc(Br)ccc2F)C1. The van der Waals surface area contributed by atoms with Gasteiger partial charge in [-0.3, -0.25) is 4.79 Å². The van der Waals surface area contributed by atoms with E-state index in [-0.39, 0.29) is 17.8 Å². The molecular weight excluding hydrogens is 311 g/mol.